The van der Waals surface area contributed by atoms with Crippen molar-refractivity contribution < 1.29 is 4.79 Å². The van der Waals surface area contributed by atoms with E-state index >= 15 is 0 Å². The number of hydrogen-bond donors (Lipinski definition) is 1. The standard InChI is InChI=1S/C22H30N4OS/c1-16-7-9-17(10-8-16)15-20-24-22(28-25-20)26-13-11-18(12-14-26)21(27)23-19-5-3-2-4-6-19/h7-10,18-19H,2-6,11-15H2,1H3,(H,23,27). The molecule has 1 aromatic carbocycles. The molecule has 1 amide bonds. The number of rotatable bonds is 5. The molecule has 1 N–H and O–H groups in total. The molecular formula is C22H30N4OS. The minimum Gasteiger partial charge on any atom is -0.353 e. The van der Waals surface area contributed by atoms with Crippen LogP contribution >= 0.6 is 11.5 Å². The Labute approximate surface area is 171 Å². The lowest BCUT2D eigenvalue weighted by atomic mass is 9.92. The van der Waals surface area contributed by atoms with Crippen LogP contribution in [0, 0.1) is 12.8 Å². The number of aromatic nitrogens is 2. The summed E-state index contributed by atoms with van der Waals surface area (Å²) in [6, 6.07) is 8.96. The van der Waals surface area contributed by atoms with Crippen molar-refractivity contribution in [3.05, 3.63) is 41.2 Å². The predicted molar refractivity (Wildman–Crippen MR) is 114 cm³/mol. The highest BCUT2D eigenvalue weighted by Crippen LogP contribution is 2.26. The third-order valence-electron chi connectivity index (χ3n) is 6.03. The van der Waals surface area contributed by atoms with Gasteiger partial charge < -0.3 is 10.2 Å². The minimum absolute atomic E-state index is 0.151. The van der Waals surface area contributed by atoms with Crippen molar-refractivity contribution in [2.75, 3.05) is 18.0 Å². The highest BCUT2D eigenvalue weighted by molar-refractivity contribution is 7.09. The third-order valence-corrected chi connectivity index (χ3v) is 6.84. The molecule has 2 heterocycles. The average molecular weight is 399 g/mol. The molecule has 28 heavy (non-hydrogen) atoms. The second-order valence-corrected chi connectivity index (χ2v) is 8.99. The van der Waals surface area contributed by atoms with Crippen LogP contribution in [0.1, 0.15) is 61.9 Å². The molecule has 0 radical (unpaired) electrons. The van der Waals surface area contributed by atoms with Gasteiger partial charge in [0.2, 0.25) is 11.0 Å². The minimum atomic E-state index is 0.151. The molecular weight excluding hydrogens is 368 g/mol. The topological polar surface area (TPSA) is 58.1 Å². The molecule has 4 rings (SSSR count). The van der Waals surface area contributed by atoms with E-state index in [0.717, 1.165) is 56.1 Å². The Morgan fingerprint density at radius 3 is 2.54 bits per heavy atom. The fraction of sp³-hybridized carbons (Fsp3) is 0.591. The number of nitrogens with zero attached hydrogens (tertiary/aromatic N) is 3. The quantitative estimate of drug-likeness (QED) is 0.824. The van der Waals surface area contributed by atoms with Gasteiger partial charge in [0.1, 0.15) is 5.82 Å². The summed E-state index contributed by atoms with van der Waals surface area (Å²) in [5, 5.41) is 4.29. The van der Waals surface area contributed by atoms with Crippen molar-refractivity contribution >= 4 is 22.6 Å². The molecule has 0 spiro atoms. The molecule has 0 unspecified atom stereocenters. The summed E-state index contributed by atoms with van der Waals surface area (Å²) in [7, 11) is 0. The summed E-state index contributed by atoms with van der Waals surface area (Å²) in [6.07, 6.45) is 8.72. The molecule has 0 bridgehead atoms. The average Bonchev–Trinajstić information content (AvgIpc) is 3.19. The molecule has 5 nitrogen and oxygen atoms in total. The fourth-order valence-electron chi connectivity index (χ4n) is 4.23. The van der Waals surface area contributed by atoms with Crippen LogP contribution in [0.5, 0.6) is 0 Å². The first-order valence-electron chi connectivity index (χ1n) is 10.6. The van der Waals surface area contributed by atoms with Gasteiger partial charge in [-0.05, 0) is 38.2 Å². The normalized spacial score (nSPS) is 19.0. The summed E-state index contributed by atoms with van der Waals surface area (Å²) >= 11 is 1.48. The van der Waals surface area contributed by atoms with E-state index in [4.69, 9.17) is 4.98 Å². The van der Waals surface area contributed by atoms with Crippen LogP contribution in [-0.2, 0) is 11.2 Å². The van der Waals surface area contributed by atoms with Crippen molar-refractivity contribution in [3.63, 3.8) is 0 Å². The first kappa shape index (κ1) is 19.4. The van der Waals surface area contributed by atoms with Crippen LogP contribution < -0.4 is 10.2 Å². The lowest BCUT2D eigenvalue weighted by Gasteiger charge is -2.32. The van der Waals surface area contributed by atoms with Crippen molar-refractivity contribution in [2.24, 2.45) is 5.92 Å². The van der Waals surface area contributed by atoms with Gasteiger partial charge in [0.15, 0.2) is 0 Å². The summed E-state index contributed by atoms with van der Waals surface area (Å²) in [4.78, 5) is 19.6. The van der Waals surface area contributed by atoms with Crippen LogP contribution in [0.25, 0.3) is 0 Å². The molecule has 2 fully saturated rings. The Balaban J connectivity index is 1.27. The lowest BCUT2D eigenvalue weighted by molar-refractivity contribution is -0.126. The Morgan fingerprint density at radius 2 is 1.82 bits per heavy atom. The van der Waals surface area contributed by atoms with Gasteiger partial charge in [0, 0.05) is 43.0 Å². The maximum absolute atomic E-state index is 12.6. The van der Waals surface area contributed by atoms with Crippen LogP contribution in [0.3, 0.4) is 0 Å². The number of carbonyl (C=O) groups is 1. The summed E-state index contributed by atoms with van der Waals surface area (Å²) < 4.78 is 4.55. The molecule has 1 aliphatic heterocycles. The van der Waals surface area contributed by atoms with E-state index in [-0.39, 0.29) is 11.8 Å². The van der Waals surface area contributed by atoms with Gasteiger partial charge in [-0.15, -0.1) is 0 Å². The number of benzene rings is 1. The number of nitrogens with one attached hydrogen (secondary N) is 1. The molecule has 1 aliphatic carbocycles. The summed E-state index contributed by atoms with van der Waals surface area (Å²) in [5.41, 5.74) is 2.51. The van der Waals surface area contributed by atoms with Gasteiger partial charge in [-0.2, -0.15) is 4.37 Å². The zero-order valence-electron chi connectivity index (χ0n) is 16.7. The largest absolute Gasteiger partial charge is 0.353 e. The first-order valence-corrected chi connectivity index (χ1v) is 11.4. The number of aryl methyl sites for hydroxylation is 1. The van der Waals surface area contributed by atoms with Gasteiger partial charge in [-0.3, -0.25) is 4.79 Å². The Kier molecular flexibility index (Phi) is 6.25. The Hall–Kier alpha value is -1.95. The van der Waals surface area contributed by atoms with Crippen molar-refractivity contribution in [1.82, 2.24) is 14.7 Å². The van der Waals surface area contributed by atoms with Gasteiger partial charge in [-0.25, -0.2) is 4.98 Å². The van der Waals surface area contributed by atoms with Crippen LogP contribution in [0.2, 0.25) is 0 Å². The zero-order chi connectivity index (χ0) is 19.3. The van der Waals surface area contributed by atoms with Crippen molar-refractivity contribution in [2.45, 2.75) is 64.3 Å². The monoisotopic (exact) mass is 398 g/mol. The molecule has 1 saturated heterocycles. The van der Waals surface area contributed by atoms with Crippen LogP contribution in [0.4, 0.5) is 5.13 Å². The highest BCUT2D eigenvalue weighted by atomic mass is 32.1. The molecule has 2 aliphatic rings. The van der Waals surface area contributed by atoms with E-state index in [2.05, 4.69) is 45.8 Å². The molecule has 1 aromatic heterocycles. The maximum Gasteiger partial charge on any atom is 0.223 e. The van der Waals surface area contributed by atoms with E-state index in [1.54, 1.807) is 0 Å². The van der Waals surface area contributed by atoms with E-state index in [1.165, 1.54) is 41.9 Å². The lowest BCUT2D eigenvalue weighted by Crippen LogP contribution is -2.44. The van der Waals surface area contributed by atoms with E-state index < -0.39 is 0 Å². The number of piperidine rings is 1. The van der Waals surface area contributed by atoms with Gasteiger partial charge >= 0.3 is 0 Å². The first-order chi connectivity index (χ1) is 13.7. The highest BCUT2D eigenvalue weighted by Gasteiger charge is 2.28. The number of amides is 1. The second-order valence-electron chi connectivity index (χ2n) is 8.26. The van der Waals surface area contributed by atoms with Crippen LogP contribution in [-0.4, -0.2) is 34.4 Å². The second kappa shape index (κ2) is 9.03. The van der Waals surface area contributed by atoms with Gasteiger partial charge in [-0.1, -0.05) is 49.1 Å². The van der Waals surface area contributed by atoms with E-state index in [9.17, 15) is 4.79 Å². The van der Waals surface area contributed by atoms with Gasteiger partial charge in [0.25, 0.3) is 0 Å². The molecule has 6 heteroatoms. The number of carbonyl (C=O) groups excluding carboxylic acids is 1. The number of anilines is 1. The molecule has 0 atom stereocenters. The van der Waals surface area contributed by atoms with E-state index in [0.29, 0.717) is 6.04 Å². The predicted octanol–water partition coefficient (Wildman–Crippen LogP) is 4.10. The Morgan fingerprint density at radius 1 is 1.11 bits per heavy atom. The smallest absolute Gasteiger partial charge is 0.223 e. The van der Waals surface area contributed by atoms with Gasteiger partial charge in [0.05, 0.1) is 0 Å². The summed E-state index contributed by atoms with van der Waals surface area (Å²) in [5.74, 6) is 1.31. The van der Waals surface area contributed by atoms with E-state index in [1.807, 2.05) is 0 Å². The fourth-order valence-corrected chi connectivity index (χ4v) is 4.97. The molecule has 2 aromatic rings. The zero-order valence-corrected chi connectivity index (χ0v) is 17.5. The van der Waals surface area contributed by atoms with Crippen molar-refractivity contribution in [1.29, 1.82) is 0 Å². The third kappa shape index (κ3) is 4.90. The SMILES string of the molecule is Cc1ccc(Cc2nsc(N3CCC(C(=O)NC4CCCCC4)CC3)n2)cc1. The molecule has 150 valence electrons. The molecule has 1 saturated carbocycles. The number of hydrogen-bond acceptors (Lipinski definition) is 5. The Bertz CT molecular complexity index is 774. The maximum atomic E-state index is 12.6. The van der Waals surface area contributed by atoms with Crippen molar-refractivity contribution in [3.8, 4) is 0 Å². The summed E-state index contributed by atoms with van der Waals surface area (Å²) in [6.45, 7) is 3.88. The van der Waals surface area contributed by atoms with Crippen LogP contribution in [0.15, 0.2) is 24.3 Å².